The molecular weight excluding hydrogens is 660 g/mol. The van der Waals surface area contributed by atoms with Crippen molar-refractivity contribution in [2.24, 2.45) is 4.99 Å². The van der Waals surface area contributed by atoms with Crippen LogP contribution in [-0.2, 0) is 16.3 Å². The van der Waals surface area contributed by atoms with Crippen LogP contribution in [0.3, 0.4) is 0 Å². The van der Waals surface area contributed by atoms with Crippen LogP contribution in [0.25, 0.3) is 22.2 Å². The topological polar surface area (TPSA) is 99.2 Å². The van der Waals surface area contributed by atoms with Gasteiger partial charge in [-0.25, -0.2) is 14.2 Å². The SMILES string of the molecule is C#C[I@-](C)(NC1CC(F)(F)C1)c1nc(C(F)(F)F)cc2c(-c3cccc(C4(CC(=NC)NNC)COC4)c3)n[nH]c12. The number of benzene rings is 1. The Morgan fingerprint density at radius 2 is 2.00 bits per heavy atom. The summed E-state index contributed by atoms with van der Waals surface area (Å²) in [4.78, 5) is 9.89. The fourth-order valence-electron chi connectivity index (χ4n) is 5.16. The Bertz CT molecular complexity index is 1520. The lowest BCUT2D eigenvalue weighted by molar-refractivity contribution is -1.07. The van der Waals surface area contributed by atoms with Crippen molar-refractivity contribution in [3.63, 3.8) is 0 Å². The Balaban J connectivity index is 1.59. The molecule has 1 saturated carbocycles. The maximum atomic E-state index is 14.1. The van der Waals surface area contributed by atoms with Crippen LogP contribution in [0.1, 0.15) is 30.5 Å². The monoisotopic (exact) mass is 690 g/mol. The molecule has 1 saturated heterocycles. The zero-order valence-corrected chi connectivity index (χ0v) is 24.8. The number of H-pyrrole nitrogens is 1. The van der Waals surface area contributed by atoms with Gasteiger partial charge in [0.25, 0.3) is 5.92 Å². The Hall–Kier alpha value is -2.87. The number of amidine groups is 1. The van der Waals surface area contributed by atoms with Gasteiger partial charge >= 0.3 is 6.18 Å². The van der Waals surface area contributed by atoms with Crippen molar-refractivity contribution in [2.75, 3.05) is 32.2 Å². The minimum absolute atomic E-state index is 0.0418. The van der Waals surface area contributed by atoms with Gasteiger partial charge in [0.2, 0.25) is 0 Å². The second-order valence-electron chi connectivity index (χ2n) is 10.4. The molecule has 14 heteroatoms. The van der Waals surface area contributed by atoms with Crippen LogP contribution >= 0.6 is 0 Å². The second-order valence-corrected chi connectivity index (χ2v) is 17.5. The molecule has 0 unspecified atom stereocenters. The van der Waals surface area contributed by atoms with E-state index in [1.165, 1.54) is 0 Å². The summed E-state index contributed by atoms with van der Waals surface area (Å²) < 4.78 is 80.7. The summed E-state index contributed by atoms with van der Waals surface area (Å²) in [6, 6.07) is 7.81. The molecule has 2 fully saturated rings. The molecule has 0 bridgehead atoms. The van der Waals surface area contributed by atoms with Crippen molar-refractivity contribution in [1.29, 1.82) is 0 Å². The summed E-state index contributed by atoms with van der Waals surface area (Å²) in [6.45, 7) is 0.905. The molecule has 1 atom stereocenters. The molecule has 1 aromatic carbocycles. The molecule has 8 nitrogen and oxygen atoms in total. The maximum absolute atomic E-state index is 14.1. The number of hydrogen-bond acceptors (Lipinski definition) is 6. The first kappa shape index (κ1) is 29.6. The van der Waals surface area contributed by atoms with Gasteiger partial charge in [-0.15, -0.1) is 11.4 Å². The van der Waals surface area contributed by atoms with E-state index in [1.54, 1.807) is 25.1 Å². The van der Waals surface area contributed by atoms with Gasteiger partial charge in [0.05, 0.1) is 24.4 Å². The first-order valence-electron chi connectivity index (χ1n) is 12.7. The van der Waals surface area contributed by atoms with E-state index in [1.807, 2.05) is 18.2 Å². The summed E-state index contributed by atoms with van der Waals surface area (Å²) in [5, 5.41) is 7.48. The maximum Gasteiger partial charge on any atom is 0.433 e. The number of aromatic nitrogens is 3. The third kappa shape index (κ3) is 5.64. The van der Waals surface area contributed by atoms with Crippen molar-refractivity contribution in [1.82, 2.24) is 29.6 Å². The smallest absolute Gasteiger partial charge is 0.389 e. The number of aromatic amines is 1. The van der Waals surface area contributed by atoms with Crippen molar-refractivity contribution in [3.8, 4) is 21.6 Å². The zero-order valence-electron chi connectivity index (χ0n) is 22.6. The number of ether oxygens (including phenoxy) is 1. The van der Waals surface area contributed by atoms with Gasteiger partial charge in [-0.1, -0.05) is 18.2 Å². The summed E-state index contributed by atoms with van der Waals surface area (Å²) in [6.07, 6.45) is 0.813. The van der Waals surface area contributed by atoms with E-state index in [2.05, 4.69) is 38.5 Å². The van der Waals surface area contributed by atoms with E-state index < -0.39 is 55.4 Å². The number of hydrazine groups is 1. The molecule has 0 amide bonds. The third-order valence-electron chi connectivity index (χ3n) is 7.39. The highest BCUT2D eigenvalue weighted by Crippen LogP contribution is 2.39. The van der Waals surface area contributed by atoms with E-state index >= 15 is 0 Å². The predicted octanol–water partition coefficient (Wildman–Crippen LogP) is 0.907. The minimum atomic E-state index is -4.76. The number of nitrogens with one attached hydrogen (secondary N) is 4. The van der Waals surface area contributed by atoms with Crippen molar-refractivity contribution in [3.05, 3.63) is 45.3 Å². The first-order chi connectivity index (χ1) is 19.3. The largest absolute Gasteiger partial charge is 0.433 e. The van der Waals surface area contributed by atoms with Crippen LogP contribution in [0.5, 0.6) is 0 Å². The average Bonchev–Trinajstić information content (AvgIpc) is 3.32. The molecule has 2 aromatic heterocycles. The van der Waals surface area contributed by atoms with Gasteiger partial charge in [0.1, 0.15) is 11.5 Å². The number of rotatable bonds is 8. The lowest BCUT2D eigenvalue weighted by Crippen LogP contribution is -4.09. The molecule has 1 aliphatic carbocycles. The molecule has 0 radical (unpaired) electrons. The molecule has 41 heavy (non-hydrogen) atoms. The second kappa shape index (κ2) is 10.8. The Kier molecular flexibility index (Phi) is 7.77. The molecule has 5 rings (SSSR count). The number of hydrogen-bond donors (Lipinski definition) is 4. The lowest BCUT2D eigenvalue weighted by Gasteiger charge is -2.51. The van der Waals surface area contributed by atoms with Gasteiger partial charge < -0.3 is 13.7 Å². The number of alkyl halides is 6. The van der Waals surface area contributed by atoms with Crippen LogP contribution < -0.4 is 33.1 Å². The Morgan fingerprint density at radius 3 is 2.56 bits per heavy atom. The van der Waals surface area contributed by atoms with Gasteiger partial charge in [-0.2, -0.15) is 22.2 Å². The van der Waals surface area contributed by atoms with Crippen LogP contribution in [0, 0.1) is 14.1 Å². The number of pyridine rings is 1. The molecule has 3 heterocycles. The van der Waals surface area contributed by atoms with E-state index in [0.29, 0.717) is 30.9 Å². The number of terminal acetylenes is 1. The molecule has 3 aromatic rings. The van der Waals surface area contributed by atoms with Crippen LogP contribution in [0.15, 0.2) is 35.3 Å². The molecule has 0 spiro atoms. The average molecular weight is 690 g/mol. The number of nitrogens with zero attached hydrogens (tertiary/aromatic N) is 3. The molecule has 2 aliphatic rings. The van der Waals surface area contributed by atoms with E-state index in [9.17, 15) is 22.0 Å². The molecule has 4 N–H and O–H groups in total. The number of halogens is 6. The summed E-state index contributed by atoms with van der Waals surface area (Å²) in [7, 11) is 3.42. The highest BCUT2D eigenvalue weighted by atomic mass is 127. The Morgan fingerprint density at radius 1 is 1.27 bits per heavy atom. The third-order valence-corrected chi connectivity index (χ3v) is 13.6. The fraction of sp³-hybridized carbons (Fsp3) is 0.444. The van der Waals surface area contributed by atoms with Gasteiger partial charge in [-0.05, 0) is 17.7 Å². The molecule has 222 valence electrons. The lowest BCUT2D eigenvalue weighted by atomic mass is 9.75. The minimum Gasteiger partial charge on any atom is -0.389 e. The van der Waals surface area contributed by atoms with E-state index in [4.69, 9.17) is 11.2 Å². The van der Waals surface area contributed by atoms with Crippen molar-refractivity contribution in [2.45, 2.75) is 42.8 Å². The first-order valence-corrected chi connectivity index (χ1v) is 18.1. The normalized spacial score (nSPS) is 20.1. The standard InChI is InChI=1S/C27H30F5IN7O/c1-5-33(2,37-18-11-26(28,29)12-18)24-23-19(10-20(36-24)27(30,31)32)22(39-40-23)16-7-6-8-17(9-16)25(14-41-15-25)13-21(34-3)38-35-4/h1,6-10,18,35,37H,11-15H2,2-4H3,(H,34,38)(H,39,40)/q-1. The summed E-state index contributed by atoms with van der Waals surface area (Å²) >= 11 is -3.95. The van der Waals surface area contributed by atoms with E-state index in [0.717, 1.165) is 17.5 Å². The van der Waals surface area contributed by atoms with Crippen LogP contribution in [0.4, 0.5) is 22.0 Å². The van der Waals surface area contributed by atoms with Gasteiger partial charge in [-0.3, -0.25) is 33.8 Å². The van der Waals surface area contributed by atoms with Gasteiger partial charge in [0.15, 0.2) is 0 Å². The van der Waals surface area contributed by atoms with Crippen LogP contribution in [-0.4, -0.2) is 65.2 Å². The number of aliphatic imine (C=N–C) groups is 1. The summed E-state index contributed by atoms with van der Waals surface area (Å²) in [5.41, 5.74) is 6.51. The quantitative estimate of drug-likeness (QED) is 0.0323. The van der Waals surface area contributed by atoms with Crippen molar-refractivity contribution >= 4 is 16.7 Å². The van der Waals surface area contributed by atoms with Gasteiger partial charge in [0, 0.05) is 59.5 Å². The highest BCUT2D eigenvalue weighted by molar-refractivity contribution is 5.93. The predicted molar refractivity (Wildman–Crippen MR) is 142 cm³/mol. The fourth-order valence-corrected chi connectivity index (χ4v) is 10.4. The number of fused-ring (bicyclic) bond motifs is 1. The Labute approximate surface area is 238 Å². The molecular formula is C27H30F5IN7O-. The zero-order chi connectivity index (χ0) is 29.6. The van der Waals surface area contributed by atoms with Crippen LogP contribution in [0.2, 0.25) is 0 Å². The summed E-state index contributed by atoms with van der Waals surface area (Å²) in [5.74, 6) is -2.08. The van der Waals surface area contributed by atoms with E-state index in [-0.39, 0.29) is 20.0 Å². The highest BCUT2D eigenvalue weighted by Gasteiger charge is 2.45. The van der Waals surface area contributed by atoms with Crippen molar-refractivity contribution < 1.29 is 45.4 Å². The molecule has 1 aliphatic heterocycles.